The molecule has 0 unspecified atom stereocenters. The molecule has 0 fully saturated rings. The van der Waals surface area contributed by atoms with Crippen molar-refractivity contribution in [2.45, 2.75) is 11.8 Å². The molecular formula is C9H7NO5S. The highest BCUT2D eigenvalue weighted by Gasteiger charge is 2.43. The number of rotatable bonds is 1. The van der Waals surface area contributed by atoms with Gasteiger partial charge in [0.25, 0.3) is 10.0 Å². The van der Waals surface area contributed by atoms with Gasteiger partial charge in [0.15, 0.2) is 0 Å². The van der Waals surface area contributed by atoms with E-state index in [-0.39, 0.29) is 14.9 Å². The van der Waals surface area contributed by atoms with Crippen LogP contribution in [0.25, 0.3) is 0 Å². The summed E-state index contributed by atoms with van der Waals surface area (Å²) in [5, 5.41) is 0. The fourth-order valence-electron chi connectivity index (χ4n) is 1.37. The van der Waals surface area contributed by atoms with E-state index in [0.717, 1.165) is 6.92 Å². The van der Waals surface area contributed by atoms with E-state index >= 15 is 0 Å². The number of hydrogen-bond acceptors (Lipinski definition) is 5. The molecule has 0 saturated carbocycles. The zero-order chi connectivity index (χ0) is 11.9. The average Bonchev–Trinajstić information content (AvgIpc) is 2.41. The third-order valence-electron chi connectivity index (χ3n) is 1.99. The minimum atomic E-state index is -4.05. The van der Waals surface area contributed by atoms with Crippen molar-refractivity contribution >= 4 is 21.9 Å². The molecule has 0 spiro atoms. The molecular weight excluding hydrogens is 234 g/mol. The summed E-state index contributed by atoms with van der Waals surface area (Å²) >= 11 is 0. The van der Waals surface area contributed by atoms with Crippen LogP contribution in [0.4, 0.5) is 0 Å². The molecule has 2 rings (SSSR count). The summed E-state index contributed by atoms with van der Waals surface area (Å²) in [5.74, 6) is -1.73. The van der Waals surface area contributed by atoms with Gasteiger partial charge in [-0.1, -0.05) is 12.1 Å². The van der Waals surface area contributed by atoms with Crippen molar-refractivity contribution in [3.63, 3.8) is 0 Å². The van der Waals surface area contributed by atoms with Crippen molar-refractivity contribution < 1.29 is 22.8 Å². The average molecular weight is 241 g/mol. The van der Waals surface area contributed by atoms with Crippen LogP contribution in [0.15, 0.2) is 29.2 Å². The third kappa shape index (κ3) is 1.36. The lowest BCUT2D eigenvalue weighted by Gasteiger charge is -2.11. The number of benzene rings is 1. The van der Waals surface area contributed by atoms with Crippen LogP contribution in [0, 0.1) is 0 Å². The van der Waals surface area contributed by atoms with Gasteiger partial charge >= 0.3 is 11.9 Å². The largest absolute Gasteiger partial charge is 0.331 e. The van der Waals surface area contributed by atoms with Crippen molar-refractivity contribution in [1.82, 2.24) is 4.47 Å². The lowest BCUT2D eigenvalue weighted by molar-refractivity contribution is -0.159. The highest BCUT2D eigenvalue weighted by atomic mass is 32.2. The maximum absolute atomic E-state index is 11.8. The van der Waals surface area contributed by atoms with Crippen molar-refractivity contribution in [3.8, 4) is 0 Å². The van der Waals surface area contributed by atoms with E-state index in [0.29, 0.717) is 0 Å². The Labute approximate surface area is 91.4 Å². The van der Waals surface area contributed by atoms with Gasteiger partial charge in [0.05, 0.1) is 5.56 Å². The Balaban J connectivity index is 2.58. The van der Waals surface area contributed by atoms with Crippen LogP contribution in [-0.4, -0.2) is 24.8 Å². The number of carbonyl (C=O) groups is 2. The van der Waals surface area contributed by atoms with Crippen LogP contribution in [0.3, 0.4) is 0 Å². The Kier molecular flexibility index (Phi) is 2.20. The Hall–Kier alpha value is -1.89. The Morgan fingerprint density at radius 1 is 1.31 bits per heavy atom. The highest BCUT2D eigenvalue weighted by molar-refractivity contribution is 7.90. The van der Waals surface area contributed by atoms with Gasteiger partial charge in [-0.3, -0.25) is 4.79 Å². The van der Waals surface area contributed by atoms with E-state index in [1.54, 1.807) is 0 Å². The van der Waals surface area contributed by atoms with Crippen LogP contribution in [0.1, 0.15) is 17.3 Å². The third-order valence-corrected chi connectivity index (χ3v) is 3.58. The first-order chi connectivity index (χ1) is 7.44. The SMILES string of the molecule is CC(=O)ON1C(=O)c2ccccc2S1(=O)=O. The van der Waals surface area contributed by atoms with E-state index in [1.807, 2.05) is 0 Å². The lowest BCUT2D eigenvalue weighted by atomic mass is 10.2. The number of amides is 1. The lowest BCUT2D eigenvalue weighted by Crippen LogP contribution is -2.31. The van der Waals surface area contributed by atoms with Gasteiger partial charge in [0.2, 0.25) is 0 Å². The summed E-state index contributed by atoms with van der Waals surface area (Å²) in [5.41, 5.74) is 0.00347. The van der Waals surface area contributed by atoms with Crippen molar-refractivity contribution in [2.24, 2.45) is 0 Å². The number of fused-ring (bicyclic) bond motifs is 1. The molecule has 1 aromatic carbocycles. The monoisotopic (exact) mass is 241 g/mol. The maximum atomic E-state index is 11.8. The van der Waals surface area contributed by atoms with Gasteiger partial charge in [-0.15, -0.1) is 0 Å². The molecule has 0 bridgehead atoms. The summed E-state index contributed by atoms with van der Waals surface area (Å²) in [6.45, 7) is 1.02. The smallest absolute Gasteiger partial charge is 0.323 e. The van der Waals surface area contributed by atoms with Crippen LogP contribution < -0.4 is 0 Å². The molecule has 7 heteroatoms. The van der Waals surface area contributed by atoms with Gasteiger partial charge in [0.1, 0.15) is 4.90 Å². The topological polar surface area (TPSA) is 80.8 Å². The molecule has 84 valence electrons. The number of sulfonamides is 1. The molecule has 16 heavy (non-hydrogen) atoms. The normalized spacial score (nSPS) is 17.1. The minimum absolute atomic E-state index is 0.00347. The Morgan fingerprint density at radius 3 is 2.50 bits per heavy atom. The van der Waals surface area contributed by atoms with E-state index in [1.165, 1.54) is 24.3 Å². The molecule has 1 amide bonds. The summed E-state index contributed by atoms with van der Waals surface area (Å²) in [7, 11) is -4.05. The molecule has 1 heterocycles. The fraction of sp³-hybridized carbons (Fsp3) is 0.111. The fourth-order valence-corrected chi connectivity index (χ4v) is 2.75. The second-order valence-electron chi connectivity index (χ2n) is 3.12. The Bertz CT molecular complexity index is 577. The van der Waals surface area contributed by atoms with Gasteiger partial charge in [0, 0.05) is 6.92 Å². The van der Waals surface area contributed by atoms with Crippen molar-refractivity contribution in [1.29, 1.82) is 0 Å². The van der Waals surface area contributed by atoms with Crippen LogP contribution in [-0.2, 0) is 19.7 Å². The predicted octanol–water partition coefficient (Wildman–Crippen LogP) is 0.309. The predicted molar refractivity (Wildman–Crippen MR) is 51.6 cm³/mol. The molecule has 1 aliphatic rings. The van der Waals surface area contributed by atoms with Gasteiger partial charge < -0.3 is 4.84 Å². The molecule has 0 saturated heterocycles. The number of carbonyl (C=O) groups excluding carboxylic acids is 2. The Morgan fingerprint density at radius 2 is 1.94 bits per heavy atom. The molecule has 6 nitrogen and oxygen atoms in total. The van der Waals surface area contributed by atoms with Gasteiger partial charge in [-0.05, 0) is 16.6 Å². The summed E-state index contributed by atoms with van der Waals surface area (Å²) in [4.78, 5) is 26.5. The first kappa shape index (κ1) is 10.6. The van der Waals surface area contributed by atoms with Gasteiger partial charge in [-0.25, -0.2) is 4.79 Å². The van der Waals surface area contributed by atoms with Gasteiger partial charge in [-0.2, -0.15) is 8.42 Å². The second-order valence-corrected chi connectivity index (χ2v) is 4.84. The maximum Gasteiger partial charge on any atom is 0.331 e. The van der Waals surface area contributed by atoms with E-state index in [9.17, 15) is 18.0 Å². The molecule has 1 aromatic rings. The first-order valence-corrected chi connectivity index (χ1v) is 5.76. The molecule has 0 atom stereocenters. The summed E-state index contributed by atoms with van der Waals surface area (Å²) in [6.07, 6.45) is 0. The number of nitrogens with zero attached hydrogens (tertiary/aromatic N) is 1. The van der Waals surface area contributed by atoms with Crippen molar-refractivity contribution in [3.05, 3.63) is 29.8 Å². The molecule has 0 aromatic heterocycles. The zero-order valence-corrected chi connectivity index (χ0v) is 9.02. The van der Waals surface area contributed by atoms with E-state index in [4.69, 9.17) is 0 Å². The quantitative estimate of drug-likeness (QED) is 0.706. The molecule has 1 aliphatic heterocycles. The van der Waals surface area contributed by atoms with Crippen LogP contribution in [0.2, 0.25) is 0 Å². The standard InChI is InChI=1S/C9H7NO5S/c1-6(11)15-10-9(12)7-4-2-3-5-8(7)16(10,13)14/h2-5H,1H3. The summed E-state index contributed by atoms with van der Waals surface area (Å²) < 4.78 is 23.6. The summed E-state index contributed by atoms with van der Waals surface area (Å²) in [6, 6.07) is 5.66. The minimum Gasteiger partial charge on any atom is -0.323 e. The van der Waals surface area contributed by atoms with Crippen LogP contribution in [0.5, 0.6) is 0 Å². The first-order valence-electron chi connectivity index (χ1n) is 4.32. The molecule has 0 radical (unpaired) electrons. The highest BCUT2D eigenvalue weighted by Crippen LogP contribution is 2.29. The van der Waals surface area contributed by atoms with E-state index < -0.39 is 21.9 Å². The van der Waals surface area contributed by atoms with Crippen molar-refractivity contribution in [2.75, 3.05) is 0 Å². The van der Waals surface area contributed by atoms with E-state index in [2.05, 4.69) is 4.84 Å². The number of hydroxylamine groups is 1. The van der Waals surface area contributed by atoms with Crippen LogP contribution >= 0.6 is 0 Å². The molecule has 0 aliphatic carbocycles. The second kappa shape index (κ2) is 3.31. The molecule has 0 N–H and O–H groups in total. The number of hydrogen-bond donors (Lipinski definition) is 0. The zero-order valence-electron chi connectivity index (χ0n) is 8.21.